The standard InChI is InChI=1S/C71H118O6/c1-4-7-10-13-16-19-22-25-28-30-31-32-33-34-35-36-37-38-39-40-41-42-44-46-49-52-55-58-61-64-70(73)76-67-68(66-75-69(72)63-60-57-54-51-48-45-27-24-21-18-15-12-9-6-3)77-71(74)65-62-59-56-53-50-47-43-29-26-23-20-17-14-11-8-5-2/h7,10,16,19,24-25,27-29,31-32,34-35,37-38,40-41,43-44,46,68H,4-6,8-9,11-15,17-18,20-23,26,30,33,36,39,42,45,47-67H2,1-3H3/b10-7-,19-16-,27-24-,28-25-,32-31-,35-34-,38-37-,41-40-,43-29-,46-44-. The predicted molar refractivity (Wildman–Crippen MR) is 334 cm³/mol. The Balaban J connectivity index is 4.40. The van der Waals surface area contributed by atoms with Gasteiger partial charge in [-0.05, 0) is 135 Å². The monoisotopic (exact) mass is 1070 g/mol. The van der Waals surface area contributed by atoms with Gasteiger partial charge in [-0.1, -0.05) is 258 Å². The van der Waals surface area contributed by atoms with Crippen molar-refractivity contribution in [2.24, 2.45) is 0 Å². The summed E-state index contributed by atoms with van der Waals surface area (Å²) in [6, 6.07) is 0. The Labute approximate surface area is 475 Å². The van der Waals surface area contributed by atoms with Crippen molar-refractivity contribution in [3.8, 4) is 0 Å². The maximum absolute atomic E-state index is 12.9. The van der Waals surface area contributed by atoms with Crippen LogP contribution in [0.5, 0.6) is 0 Å². The lowest BCUT2D eigenvalue weighted by Crippen LogP contribution is -2.30. The lowest BCUT2D eigenvalue weighted by atomic mass is 10.1. The maximum Gasteiger partial charge on any atom is 0.306 e. The van der Waals surface area contributed by atoms with Crippen molar-refractivity contribution < 1.29 is 28.6 Å². The van der Waals surface area contributed by atoms with Gasteiger partial charge in [0.25, 0.3) is 0 Å². The number of carbonyl (C=O) groups excluding carboxylic acids is 3. The number of carbonyl (C=O) groups is 3. The Morgan fingerprint density at radius 2 is 0.506 bits per heavy atom. The van der Waals surface area contributed by atoms with Gasteiger partial charge in [0.05, 0.1) is 0 Å². The number of esters is 3. The van der Waals surface area contributed by atoms with Crippen LogP contribution in [0.1, 0.15) is 290 Å². The summed E-state index contributed by atoms with van der Waals surface area (Å²) >= 11 is 0. The zero-order valence-corrected chi connectivity index (χ0v) is 50.2. The van der Waals surface area contributed by atoms with Gasteiger partial charge in [0, 0.05) is 19.3 Å². The summed E-state index contributed by atoms with van der Waals surface area (Å²) < 4.78 is 16.9. The average Bonchev–Trinajstić information content (AvgIpc) is 3.43. The van der Waals surface area contributed by atoms with E-state index in [1.807, 2.05) is 0 Å². The zero-order chi connectivity index (χ0) is 55.7. The second kappa shape index (κ2) is 64.3. The molecule has 0 N–H and O–H groups in total. The van der Waals surface area contributed by atoms with Gasteiger partial charge in [0.2, 0.25) is 0 Å². The molecule has 438 valence electrons. The number of hydrogen-bond acceptors (Lipinski definition) is 6. The average molecular weight is 1070 g/mol. The van der Waals surface area contributed by atoms with Crippen LogP contribution in [0.2, 0.25) is 0 Å². The summed E-state index contributed by atoms with van der Waals surface area (Å²) in [5, 5.41) is 0. The summed E-state index contributed by atoms with van der Waals surface area (Å²) in [5.41, 5.74) is 0. The molecule has 0 aromatic heterocycles. The van der Waals surface area contributed by atoms with Gasteiger partial charge in [0.15, 0.2) is 6.10 Å². The molecular weight excluding hydrogens is 949 g/mol. The molecule has 1 atom stereocenters. The minimum atomic E-state index is -0.800. The Kier molecular flexibility index (Phi) is 60.8. The van der Waals surface area contributed by atoms with E-state index in [1.165, 1.54) is 109 Å². The molecule has 0 heterocycles. The van der Waals surface area contributed by atoms with Gasteiger partial charge < -0.3 is 14.2 Å². The van der Waals surface area contributed by atoms with E-state index in [1.54, 1.807) is 0 Å². The number of hydrogen-bond donors (Lipinski definition) is 0. The molecule has 0 saturated heterocycles. The Morgan fingerprint density at radius 3 is 0.805 bits per heavy atom. The second-order valence-electron chi connectivity index (χ2n) is 20.9. The Bertz CT molecular complexity index is 1600. The summed E-state index contributed by atoms with van der Waals surface area (Å²) in [6.45, 7) is 6.49. The molecular formula is C71H118O6. The molecule has 77 heavy (non-hydrogen) atoms. The highest BCUT2D eigenvalue weighted by Gasteiger charge is 2.19. The van der Waals surface area contributed by atoms with E-state index in [-0.39, 0.29) is 31.1 Å². The molecule has 0 amide bonds. The van der Waals surface area contributed by atoms with E-state index in [4.69, 9.17) is 14.2 Å². The molecule has 0 aliphatic heterocycles. The van der Waals surface area contributed by atoms with Crippen LogP contribution < -0.4 is 0 Å². The van der Waals surface area contributed by atoms with Gasteiger partial charge in [-0.2, -0.15) is 0 Å². The first-order valence-corrected chi connectivity index (χ1v) is 32.0. The Hall–Kier alpha value is -4.19. The normalized spacial score (nSPS) is 12.9. The van der Waals surface area contributed by atoms with Crippen LogP contribution in [0.4, 0.5) is 0 Å². The minimum absolute atomic E-state index is 0.0952. The third-order valence-corrected chi connectivity index (χ3v) is 13.4. The minimum Gasteiger partial charge on any atom is -0.462 e. The molecule has 0 aromatic carbocycles. The van der Waals surface area contributed by atoms with E-state index in [0.717, 1.165) is 141 Å². The summed E-state index contributed by atoms with van der Waals surface area (Å²) in [5.74, 6) is -0.933. The summed E-state index contributed by atoms with van der Waals surface area (Å²) in [6.07, 6.45) is 89.1. The molecule has 0 bridgehead atoms. The van der Waals surface area contributed by atoms with Crippen molar-refractivity contribution in [2.45, 2.75) is 297 Å². The first-order chi connectivity index (χ1) is 38.0. The topological polar surface area (TPSA) is 78.9 Å². The fraction of sp³-hybridized carbons (Fsp3) is 0.676. The van der Waals surface area contributed by atoms with Crippen molar-refractivity contribution in [3.63, 3.8) is 0 Å². The van der Waals surface area contributed by atoms with E-state index in [9.17, 15) is 14.4 Å². The van der Waals surface area contributed by atoms with Gasteiger partial charge in [-0.25, -0.2) is 0 Å². The van der Waals surface area contributed by atoms with E-state index >= 15 is 0 Å². The van der Waals surface area contributed by atoms with Crippen molar-refractivity contribution in [2.75, 3.05) is 13.2 Å². The third kappa shape index (κ3) is 62.5. The first-order valence-electron chi connectivity index (χ1n) is 32.0. The molecule has 0 saturated carbocycles. The van der Waals surface area contributed by atoms with Crippen LogP contribution in [-0.2, 0) is 28.6 Å². The van der Waals surface area contributed by atoms with E-state index < -0.39 is 6.10 Å². The van der Waals surface area contributed by atoms with Crippen molar-refractivity contribution >= 4 is 17.9 Å². The maximum atomic E-state index is 12.9. The van der Waals surface area contributed by atoms with Crippen molar-refractivity contribution in [1.82, 2.24) is 0 Å². The van der Waals surface area contributed by atoms with Crippen LogP contribution in [0, 0.1) is 0 Å². The molecule has 0 radical (unpaired) electrons. The Morgan fingerprint density at radius 1 is 0.273 bits per heavy atom. The highest BCUT2D eigenvalue weighted by Crippen LogP contribution is 2.14. The molecule has 6 heteroatoms. The number of allylic oxidation sites excluding steroid dienone is 20. The van der Waals surface area contributed by atoms with Crippen molar-refractivity contribution in [1.29, 1.82) is 0 Å². The van der Waals surface area contributed by atoms with Crippen LogP contribution in [0.3, 0.4) is 0 Å². The predicted octanol–water partition coefficient (Wildman–Crippen LogP) is 22.0. The number of ether oxygens (including phenoxy) is 3. The largest absolute Gasteiger partial charge is 0.462 e. The van der Waals surface area contributed by atoms with Gasteiger partial charge in [0.1, 0.15) is 13.2 Å². The van der Waals surface area contributed by atoms with Gasteiger partial charge >= 0.3 is 17.9 Å². The molecule has 0 fully saturated rings. The zero-order valence-electron chi connectivity index (χ0n) is 50.2. The molecule has 1 unspecified atom stereocenters. The number of unbranched alkanes of at least 4 members (excludes halogenated alkanes) is 26. The van der Waals surface area contributed by atoms with E-state index in [0.29, 0.717) is 19.3 Å². The number of rotatable bonds is 57. The quantitative estimate of drug-likeness (QED) is 0.0261. The first kappa shape index (κ1) is 72.8. The van der Waals surface area contributed by atoms with Crippen molar-refractivity contribution in [3.05, 3.63) is 122 Å². The van der Waals surface area contributed by atoms with Crippen LogP contribution in [0.25, 0.3) is 0 Å². The molecule has 6 nitrogen and oxygen atoms in total. The molecule has 0 aromatic rings. The van der Waals surface area contributed by atoms with Crippen LogP contribution in [-0.4, -0.2) is 37.2 Å². The van der Waals surface area contributed by atoms with E-state index in [2.05, 4.69) is 142 Å². The fourth-order valence-corrected chi connectivity index (χ4v) is 8.62. The van der Waals surface area contributed by atoms with Crippen LogP contribution >= 0.6 is 0 Å². The van der Waals surface area contributed by atoms with Crippen LogP contribution in [0.15, 0.2) is 122 Å². The molecule has 0 spiro atoms. The molecule has 0 aliphatic rings. The smallest absolute Gasteiger partial charge is 0.306 e. The highest BCUT2D eigenvalue weighted by molar-refractivity contribution is 5.71. The second-order valence-corrected chi connectivity index (χ2v) is 20.9. The third-order valence-electron chi connectivity index (χ3n) is 13.4. The summed E-state index contributed by atoms with van der Waals surface area (Å²) in [7, 11) is 0. The SMILES string of the molecule is CC/C=C\C/C=C\C/C=C\C/C=C\C/C=C\C/C=C\C/C=C\C/C=C\CCCCCCC(=O)OCC(COC(=O)CCCCCCC/C=C\CCCCCCC)OC(=O)CCCCCCC/C=C\CCCCCCCCC. The molecule has 0 aliphatic carbocycles. The lowest BCUT2D eigenvalue weighted by Gasteiger charge is -2.18. The van der Waals surface area contributed by atoms with Gasteiger partial charge in [-0.15, -0.1) is 0 Å². The highest BCUT2D eigenvalue weighted by atomic mass is 16.6. The lowest BCUT2D eigenvalue weighted by molar-refractivity contribution is -0.167. The van der Waals surface area contributed by atoms with Gasteiger partial charge in [-0.3, -0.25) is 14.4 Å². The molecule has 0 rings (SSSR count). The summed E-state index contributed by atoms with van der Waals surface area (Å²) in [4.78, 5) is 38.3. The fourth-order valence-electron chi connectivity index (χ4n) is 8.62.